The first kappa shape index (κ1) is 11.4. The van der Waals surface area contributed by atoms with Gasteiger partial charge in [0, 0.05) is 0 Å². The van der Waals surface area contributed by atoms with Gasteiger partial charge in [-0.1, -0.05) is 39.0 Å². The van der Waals surface area contributed by atoms with Crippen molar-refractivity contribution in [3.8, 4) is 0 Å². The SMILES string of the molecule is CCCCCCCCOC(=O)F. The van der Waals surface area contributed by atoms with Crippen molar-refractivity contribution >= 4 is 6.22 Å². The Hall–Kier alpha value is -0.600. The molecule has 0 aliphatic rings. The number of hydrogen-bond acceptors (Lipinski definition) is 2. The lowest BCUT2D eigenvalue weighted by Gasteiger charge is -1.99. The summed E-state index contributed by atoms with van der Waals surface area (Å²) >= 11 is 0. The number of halogens is 1. The van der Waals surface area contributed by atoms with E-state index in [1.54, 1.807) is 0 Å². The highest BCUT2D eigenvalue weighted by atomic mass is 19.1. The molecule has 0 aromatic heterocycles. The van der Waals surface area contributed by atoms with Crippen LogP contribution in [0.25, 0.3) is 0 Å². The third-order valence-corrected chi connectivity index (χ3v) is 1.71. The summed E-state index contributed by atoms with van der Waals surface area (Å²) < 4.78 is 15.6. The van der Waals surface area contributed by atoms with E-state index in [1.807, 2.05) is 0 Å². The Labute approximate surface area is 73.1 Å². The van der Waals surface area contributed by atoms with Gasteiger partial charge in [0.15, 0.2) is 0 Å². The van der Waals surface area contributed by atoms with E-state index in [0.717, 1.165) is 19.3 Å². The third kappa shape index (κ3) is 9.40. The number of rotatable bonds is 7. The van der Waals surface area contributed by atoms with Crippen LogP contribution in [0.3, 0.4) is 0 Å². The summed E-state index contributed by atoms with van der Waals surface area (Å²) in [6.45, 7) is 2.38. The average molecular weight is 176 g/mol. The predicted molar refractivity (Wildman–Crippen MR) is 45.8 cm³/mol. The van der Waals surface area contributed by atoms with Gasteiger partial charge in [0.05, 0.1) is 6.61 Å². The zero-order valence-electron chi connectivity index (χ0n) is 7.64. The molecule has 0 unspecified atom stereocenters. The molecular weight excluding hydrogens is 159 g/mol. The Kier molecular flexibility index (Phi) is 8.07. The lowest BCUT2D eigenvalue weighted by atomic mass is 10.1. The largest absolute Gasteiger partial charge is 0.495 e. The van der Waals surface area contributed by atoms with Crippen molar-refractivity contribution in [3.63, 3.8) is 0 Å². The molecule has 0 atom stereocenters. The van der Waals surface area contributed by atoms with Gasteiger partial charge in [0.1, 0.15) is 0 Å². The van der Waals surface area contributed by atoms with Crippen LogP contribution in [0.5, 0.6) is 0 Å². The minimum atomic E-state index is -1.66. The molecule has 0 spiro atoms. The summed E-state index contributed by atoms with van der Waals surface area (Å²) in [4.78, 5) is 9.69. The molecule has 0 rings (SSSR count). The highest BCUT2D eigenvalue weighted by molar-refractivity contribution is 5.57. The standard InChI is InChI=1S/C9H17FO2/c1-2-3-4-5-6-7-8-12-9(10)11/h2-8H2,1H3. The van der Waals surface area contributed by atoms with Crippen LogP contribution >= 0.6 is 0 Å². The quantitative estimate of drug-likeness (QED) is 0.438. The molecule has 0 aromatic rings. The summed E-state index contributed by atoms with van der Waals surface area (Å²) in [5, 5.41) is 0. The maximum atomic E-state index is 11.5. The van der Waals surface area contributed by atoms with E-state index < -0.39 is 6.22 Å². The normalized spacial score (nSPS) is 9.83. The van der Waals surface area contributed by atoms with Crippen molar-refractivity contribution in [2.75, 3.05) is 6.61 Å². The number of carbonyl (C=O) groups is 1. The second-order valence-electron chi connectivity index (χ2n) is 2.85. The van der Waals surface area contributed by atoms with Crippen LogP contribution < -0.4 is 0 Å². The van der Waals surface area contributed by atoms with Crippen LogP contribution in [0, 0.1) is 0 Å². The first-order chi connectivity index (χ1) is 5.77. The van der Waals surface area contributed by atoms with Crippen LogP contribution in [0.15, 0.2) is 0 Å². The molecule has 0 N–H and O–H groups in total. The van der Waals surface area contributed by atoms with E-state index in [4.69, 9.17) is 0 Å². The summed E-state index contributed by atoms with van der Waals surface area (Å²) in [5.74, 6) is 0. The Bertz CT molecular complexity index is 115. The Morgan fingerprint density at radius 2 is 1.75 bits per heavy atom. The number of hydrogen-bond donors (Lipinski definition) is 0. The second-order valence-corrected chi connectivity index (χ2v) is 2.85. The van der Waals surface area contributed by atoms with Gasteiger partial charge < -0.3 is 4.74 Å². The van der Waals surface area contributed by atoms with Gasteiger partial charge in [-0.2, -0.15) is 0 Å². The summed E-state index contributed by atoms with van der Waals surface area (Å²) in [6, 6.07) is 0. The first-order valence-corrected chi connectivity index (χ1v) is 4.59. The predicted octanol–water partition coefficient (Wildman–Crippen LogP) is 3.45. The molecule has 0 aliphatic carbocycles. The van der Waals surface area contributed by atoms with E-state index in [2.05, 4.69) is 11.7 Å². The Morgan fingerprint density at radius 3 is 2.33 bits per heavy atom. The molecule has 0 aromatic carbocycles. The van der Waals surface area contributed by atoms with Gasteiger partial charge in [-0.25, -0.2) is 4.79 Å². The molecule has 2 nitrogen and oxygen atoms in total. The molecule has 0 aliphatic heterocycles. The molecule has 0 amide bonds. The van der Waals surface area contributed by atoms with Gasteiger partial charge >= 0.3 is 6.22 Å². The molecule has 72 valence electrons. The summed E-state index contributed by atoms with van der Waals surface area (Å²) in [7, 11) is 0. The molecule has 0 saturated carbocycles. The van der Waals surface area contributed by atoms with Crippen molar-refractivity contribution in [1.29, 1.82) is 0 Å². The third-order valence-electron chi connectivity index (χ3n) is 1.71. The van der Waals surface area contributed by atoms with Crippen LogP contribution in [0.1, 0.15) is 45.4 Å². The van der Waals surface area contributed by atoms with Crippen LogP contribution in [0.4, 0.5) is 9.18 Å². The molecule has 0 bridgehead atoms. The number of unbranched alkanes of at least 4 members (excludes halogenated alkanes) is 5. The van der Waals surface area contributed by atoms with E-state index in [-0.39, 0.29) is 6.61 Å². The zero-order chi connectivity index (χ0) is 9.23. The molecule has 0 saturated heterocycles. The molecule has 0 radical (unpaired) electrons. The monoisotopic (exact) mass is 176 g/mol. The Balaban J connectivity index is 2.86. The van der Waals surface area contributed by atoms with Gasteiger partial charge in [-0.3, -0.25) is 0 Å². The topological polar surface area (TPSA) is 26.3 Å². The van der Waals surface area contributed by atoms with Crippen molar-refractivity contribution < 1.29 is 13.9 Å². The minimum Gasteiger partial charge on any atom is -0.440 e. The van der Waals surface area contributed by atoms with Gasteiger partial charge in [-0.05, 0) is 6.42 Å². The molecule has 3 heteroatoms. The number of carbonyl (C=O) groups excluding carboxylic acids is 1. The van der Waals surface area contributed by atoms with Gasteiger partial charge in [-0.15, -0.1) is 4.39 Å². The molecule has 12 heavy (non-hydrogen) atoms. The zero-order valence-corrected chi connectivity index (χ0v) is 7.64. The average Bonchev–Trinajstić information content (AvgIpc) is 2.02. The Morgan fingerprint density at radius 1 is 1.17 bits per heavy atom. The summed E-state index contributed by atoms with van der Waals surface area (Å²) in [5.41, 5.74) is 0. The highest BCUT2D eigenvalue weighted by Gasteiger charge is 1.96. The van der Waals surface area contributed by atoms with E-state index >= 15 is 0 Å². The fraction of sp³-hybridized carbons (Fsp3) is 0.889. The second kappa shape index (κ2) is 8.50. The van der Waals surface area contributed by atoms with Crippen molar-refractivity contribution in [2.24, 2.45) is 0 Å². The van der Waals surface area contributed by atoms with Crippen LogP contribution in [-0.4, -0.2) is 12.8 Å². The minimum absolute atomic E-state index is 0.224. The maximum Gasteiger partial charge on any atom is 0.495 e. The number of ether oxygens (including phenoxy) is 1. The van der Waals surface area contributed by atoms with E-state index in [0.29, 0.717) is 0 Å². The van der Waals surface area contributed by atoms with Gasteiger partial charge in [0.2, 0.25) is 0 Å². The fourth-order valence-corrected chi connectivity index (χ4v) is 1.03. The lowest BCUT2D eigenvalue weighted by molar-refractivity contribution is 0.119. The summed E-state index contributed by atoms with van der Waals surface area (Å²) in [6.07, 6.45) is 4.98. The van der Waals surface area contributed by atoms with Crippen molar-refractivity contribution in [3.05, 3.63) is 0 Å². The van der Waals surface area contributed by atoms with Crippen molar-refractivity contribution in [1.82, 2.24) is 0 Å². The highest BCUT2D eigenvalue weighted by Crippen LogP contribution is 2.04. The van der Waals surface area contributed by atoms with Crippen LogP contribution in [0.2, 0.25) is 0 Å². The fourth-order valence-electron chi connectivity index (χ4n) is 1.03. The molecule has 0 fully saturated rings. The van der Waals surface area contributed by atoms with E-state index in [9.17, 15) is 9.18 Å². The molecular formula is C9H17FO2. The van der Waals surface area contributed by atoms with Crippen molar-refractivity contribution in [2.45, 2.75) is 45.4 Å². The molecule has 0 heterocycles. The smallest absolute Gasteiger partial charge is 0.440 e. The van der Waals surface area contributed by atoms with Crippen LogP contribution in [-0.2, 0) is 4.74 Å². The lowest BCUT2D eigenvalue weighted by Crippen LogP contribution is -1.96. The first-order valence-electron chi connectivity index (χ1n) is 4.59. The van der Waals surface area contributed by atoms with E-state index in [1.165, 1.54) is 19.3 Å². The van der Waals surface area contributed by atoms with Gasteiger partial charge in [0.25, 0.3) is 0 Å². The maximum absolute atomic E-state index is 11.5.